The van der Waals surface area contributed by atoms with Crippen molar-refractivity contribution in [1.82, 2.24) is 14.9 Å². The first-order valence-electron chi connectivity index (χ1n) is 5.91. The number of rotatable bonds is 5. The average molecular weight is 263 g/mol. The predicted molar refractivity (Wildman–Crippen MR) is 73.2 cm³/mol. The summed E-state index contributed by atoms with van der Waals surface area (Å²) in [6.45, 7) is 5.04. The van der Waals surface area contributed by atoms with Crippen molar-refractivity contribution in [2.75, 3.05) is 13.7 Å². The molecule has 1 N–H and O–H groups in total. The first kappa shape index (κ1) is 13.0. The van der Waals surface area contributed by atoms with Crippen LogP contribution in [-0.4, -0.2) is 23.2 Å². The molecule has 1 unspecified atom stereocenters. The molecule has 0 amide bonds. The molecule has 96 valence electrons. The number of ether oxygens (including phenoxy) is 1. The summed E-state index contributed by atoms with van der Waals surface area (Å²) in [6, 6.07) is 6.29. The highest BCUT2D eigenvalue weighted by Gasteiger charge is 2.19. The molecule has 0 spiro atoms. The van der Waals surface area contributed by atoms with Crippen molar-refractivity contribution in [1.29, 1.82) is 0 Å². The Balaban J connectivity index is 2.45. The van der Waals surface area contributed by atoms with Crippen LogP contribution in [0.1, 0.15) is 29.0 Å². The standard InChI is InChI=1S/C13H17N3OS/c1-4-14-13(12-8-15-16-18-12)10-7-9(2)5-6-11(10)17-3/h5-8,13-14H,4H2,1-3H3. The SMILES string of the molecule is CCNC(c1cnns1)c1cc(C)ccc1OC. The molecular formula is C13H17N3OS. The Labute approximate surface area is 111 Å². The van der Waals surface area contributed by atoms with E-state index in [1.165, 1.54) is 17.1 Å². The second-order valence-electron chi connectivity index (χ2n) is 4.06. The summed E-state index contributed by atoms with van der Waals surface area (Å²) in [7, 11) is 1.70. The fraction of sp³-hybridized carbons (Fsp3) is 0.385. The second kappa shape index (κ2) is 5.93. The van der Waals surface area contributed by atoms with Gasteiger partial charge in [-0.1, -0.05) is 29.1 Å². The quantitative estimate of drug-likeness (QED) is 0.900. The van der Waals surface area contributed by atoms with Crippen molar-refractivity contribution in [3.8, 4) is 5.75 Å². The molecule has 0 aliphatic heterocycles. The summed E-state index contributed by atoms with van der Waals surface area (Å²) in [4.78, 5) is 1.10. The third-order valence-corrected chi connectivity index (χ3v) is 3.50. The maximum Gasteiger partial charge on any atom is 0.124 e. The number of benzene rings is 1. The van der Waals surface area contributed by atoms with Crippen LogP contribution < -0.4 is 10.1 Å². The van der Waals surface area contributed by atoms with Gasteiger partial charge in [0.2, 0.25) is 0 Å². The van der Waals surface area contributed by atoms with Crippen molar-refractivity contribution < 1.29 is 4.74 Å². The molecule has 1 aromatic heterocycles. The van der Waals surface area contributed by atoms with Crippen LogP contribution in [0.5, 0.6) is 5.75 Å². The van der Waals surface area contributed by atoms with Crippen LogP contribution in [0.25, 0.3) is 0 Å². The van der Waals surface area contributed by atoms with Crippen molar-refractivity contribution in [3.63, 3.8) is 0 Å². The van der Waals surface area contributed by atoms with E-state index < -0.39 is 0 Å². The number of nitrogens with one attached hydrogen (secondary N) is 1. The van der Waals surface area contributed by atoms with E-state index in [9.17, 15) is 0 Å². The smallest absolute Gasteiger partial charge is 0.124 e. The zero-order valence-corrected chi connectivity index (χ0v) is 11.6. The fourth-order valence-electron chi connectivity index (χ4n) is 1.95. The van der Waals surface area contributed by atoms with E-state index in [1.54, 1.807) is 13.3 Å². The zero-order chi connectivity index (χ0) is 13.0. The monoisotopic (exact) mass is 263 g/mol. The molecular weight excluding hydrogens is 246 g/mol. The van der Waals surface area contributed by atoms with Crippen molar-refractivity contribution in [3.05, 3.63) is 40.4 Å². The number of nitrogens with zero attached hydrogens (tertiary/aromatic N) is 2. The van der Waals surface area contributed by atoms with E-state index in [1.807, 2.05) is 6.07 Å². The van der Waals surface area contributed by atoms with Crippen LogP contribution in [0, 0.1) is 6.92 Å². The third-order valence-electron chi connectivity index (χ3n) is 2.77. The molecule has 0 aliphatic carbocycles. The van der Waals surface area contributed by atoms with Gasteiger partial charge in [0.1, 0.15) is 5.75 Å². The Morgan fingerprint density at radius 1 is 1.44 bits per heavy atom. The minimum Gasteiger partial charge on any atom is -0.496 e. The predicted octanol–water partition coefficient (Wildman–Crippen LogP) is 2.55. The summed E-state index contributed by atoms with van der Waals surface area (Å²) in [5.41, 5.74) is 2.34. The summed E-state index contributed by atoms with van der Waals surface area (Å²) < 4.78 is 9.39. The molecule has 2 rings (SSSR count). The van der Waals surface area contributed by atoms with Crippen molar-refractivity contribution in [2.24, 2.45) is 0 Å². The van der Waals surface area contributed by atoms with Crippen LogP contribution in [0.4, 0.5) is 0 Å². The van der Waals surface area contributed by atoms with Crippen LogP contribution in [0.3, 0.4) is 0 Å². The van der Waals surface area contributed by atoms with E-state index in [0.717, 1.165) is 22.7 Å². The minimum absolute atomic E-state index is 0.0878. The first-order valence-corrected chi connectivity index (χ1v) is 6.68. The normalized spacial score (nSPS) is 12.4. The first-order chi connectivity index (χ1) is 8.76. The van der Waals surface area contributed by atoms with Gasteiger partial charge < -0.3 is 10.1 Å². The number of hydrogen-bond acceptors (Lipinski definition) is 5. The molecule has 0 fully saturated rings. The van der Waals surface area contributed by atoms with Gasteiger partial charge >= 0.3 is 0 Å². The molecule has 0 saturated heterocycles. The highest BCUT2D eigenvalue weighted by atomic mass is 32.1. The number of aromatic nitrogens is 2. The van der Waals surface area contributed by atoms with Crippen molar-refractivity contribution >= 4 is 11.5 Å². The van der Waals surface area contributed by atoms with E-state index in [2.05, 4.69) is 40.9 Å². The summed E-state index contributed by atoms with van der Waals surface area (Å²) in [5, 5.41) is 7.37. The van der Waals surface area contributed by atoms with Gasteiger partial charge in [-0.15, -0.1) is 5.10 Å². The highest BCUT2D eigenvalue weighted by Crippen LogP contribution is 2.31. The lowest BCUT2D eigenvalue weighted by molar-refractivity contribution is 0.404. The molecule has 1 aromatic carbocycles. The average Bonchev–Trinajstić information content (AvgIpc) is 2.89. The molecule has 4 nitrogen and oxygen atoms in total. The topological polar surface area (TPSA) is 47.0 Å². The molecule has 1 atom stereocenters. The van der Waals surface area contributed by atoms with E-state index in [4.69, 9.17) is 4.74 Å². The molecule has 0 saturated carbocycles. The number of methoxy groups -OCH3 is 1. The molecule has 0 aliphatic rings. The molecule has 18 heavy (non-hydrogen) atoms. The summed E-state index contributed by atoms with van der Waals surface area (Å²) in [6.07, 6.45) is 1.81. The lowest BCUT2D eigenvalue weighted by Crippen LogP contribution is -2.21. The number of aryl methyl sites for hydroxylation is 1. The van der Waals surface area contributed by atoms with Gasteiger partial charge in [-0.3, -0.25) is 0 Å². The van der Waals surface area contributed by atoms with Crippen LogP contribution in [0.15, 0.2) is 24.4 Å². The van der Waals surface area contributed by atoms with Gasteiger partial charge in [0.15, 0.2) is 0 Å². The maximum absolute atomic E-state index is 5.45. The van der Waals surface area contributed by atoms with Gasteiger partial charge in [0.25, 0.3) is 0 Å². The number of hydrogen-bond donors (Lipinski definition) is 1. The molecule has 5 heteroatoms. The minimum atomic E-state index is 0.0878. The van der Waals surface area contributed by atoms with Gasteiger partial charge in [0.05, 0.1) is 24.2 Å². The van der Waals surface area contributed by atoms with Gasteiger partial charge in [-0.05, 0) is 31.1 Å². The lowest BCUT2D eigenvalue weighted by Gasteiger charge is -2.19. The molecule has 1 heterocycles. The van der Waals surface area contributed by atoms with Gasteiger partial charge in [0, 0.05) is 5.56 Å². The Kier molecular flexibility index (Phi) is 4.28. The maximum atomic E-state index is 5.45. The highest BCUT2D eigenvalue weighted by molar-refractivity contribution is 7.05. The van der Waals surface area contributed by atoms with Crippen LogP contribution >= 0.6 is 11.5 Å². The van der Waals surface area contributed by atoms with E-state index >= 15 is 0 Å². The molecule has 2 aromatic rings. The van der Waals surface area contributed by atoms with Crippen LogP contribution in [-0.2, 0) is 0 Å². The lowest BCUT2D eigenvalue weighted by atomic mass is 10.0. The largest absolute Gasteiger partial charge is 0.496 e. The van der Waals surface area contributed by atoms with Gasteiger partial charge in [-0.25, -0.2) is 0 Å². The Bertz CT molecular complexity index is 499. The van der Waals surface area contributed by atoms with Gasteiger partial charge in [-0.2, -0.15) is 0 Å². The Morgan fingerprint density at radius 2 is 2.28 bits per heavy atom. The Hall–Kier alpha value is -1.46. The summed E-state index contributed by atoms with van der Waals surface area (Å²) >= 11 is 1.41. The second-order valence-corrected chi connectivity index (χ2v) is 4.87. The Morgan fingerprint density at radius 3 is 2.89 bits per heavy atom. The van der Waals surface area contributed by atoms with E-state index in [0.29, 0.717) is 0 Å². The van der Waals surface area contributed by atoms with E-state index in [-0.39, 0.29) is 6.04 Å². The molecule has 0 bridgehead atoms. The third kappa shape index (κ3) is 2.68. The zero-order valence-electron chi connectivity index (χ0n) is 10.8. The fourth-order valence-corrected chi connectivity index (χ4v) is 2.55. The summed E-state index contributed by atoms with van der Waals surface area (Å²) in [5.74, 6) is 0.889. The van der Waals surface area contributed by atoms with Crippen molar-refractivity contribution in [2.45, 2.75) is 19.9 Å². The van der Waals surface area contributed by atoms with Crippen LogP contribution in [0.2, 0.25) is 0 Å². The molecule has 0 radical (unpaired) electrons.